The molecular formula is C33H62N4O. The summed E-state index contributed by atoms with van der Waals surface area (Å²) >= 11 is 0. The van der Waals surface area contributed by atoms with E-state index < -0.39 is 0 Å². The van der Waals surface area contributed by atoms with E-state index in [0.29, 0.717) is 22.6 Å². The molecule has 1 aliphatic carbocycles. The Morgan fingerprint density at radius 1 is 1.08 bits per heavy atom. The monoisotopic (exact) mass is 530 g/mol. The van der Waals surface area contributed by atoms with Crippen LogP contribution >= 0.6 is 0 Å². The molecule has 0 atom stereocenters. The van der Waals surface area contributed by atoms with Gasteiger partial charge in [-0.05, 0) is 56.1 Å². The fourth-order valence-corrected chi connectivity index (χ4v) is 4.83. The molecule has 0 bridgehead atoms. The second kappa shape index (κ2) is 20.1. The number of anilines is 1. The molecule has 5 nitrogen and oxygen atoms in total. The van der Waals surface area contributed by atoms with Crippen molar-refractivity contribution in [1.82, 2.24) is 14.9 Å². The van der Waals surface area contributed by atoms with E-state index in [2.05, 4.69) is 69.6 Å². The summed E-state index contributed by atoms with van der Waals surface area (Å²) in [5.41, 5.74) is 2.57. The SMILES string of the molecule is C=C(CCC)c1nc(C)[nH]c(=O)c1N(C)C.C=CCCN(CCC)CC(C)(C)CC.CCC1CCCCC1. The van der Waals surface area contributed by atoms with E-state index in [-0.39, 0.29) is 5.56 Å². The van der Waals surface area contributed by atoms with Gasteiger partial charge in [0.05, 0.1) is 5.69 Å². The fraction of sp³-hybridized carbons (Fsp3) is 0.758. The molecule has 0 radical (unpaired) electrons. The first-order chi connectivity index (χ1) is 18.0. The van der Waals surface area contributed by atoms with Crippen LogP contribution in [0.3, 0.4) is 0 Å². The van der Waals surface area contributed by atoms with Crippen LogP contribution in [0.1, 0.15) is 124 Å². The van der Waals surface area contributed by atoms with Crippen LogP contribution in [0.2, 0.25) is 0 Å². The van der Waals surface area contributed by atoms with Gasteiger partial charge in [-0.2, -0.15) is 0 Å². The molecule has 1 aromatic heterocycles. The van der Waals surface area contributed by atoms with Gasteiger partial charge in [0.15, 0.2) is 0 Å². The Bertz CT molecular complexity index is 834. The van der Waals surface area contributed by atoms with Crippen molar-refractivity contribution in [1.29, 1.82) is 0 Å². The molecular weight excluding hydrogens is 468 g/mol. The molecule has 0 unspecified atom stereocenters. The van der Waals surface area contributed by atoms with Crippen LogP contribution in [0.25, 0.3) is 5.57 Å². The molecule has 220 valence electrons. The zero-order chi connectivity index (χ0) is 29.1. The molecule has 5 heteroatoms. The second-order valence-electron chi connectivity index (χ2n) is 11.9. The molecule has 2 rings (SSSR count). The molecule has 0 spiro atoms. The van der Waals surface area contributed by atoms with E-state index in [0.717, 1.165) is 30.8 Å². The molecule has 1 aliphatic rings. The van der Waals surface area contributed by atoms with Gasteiger partial charge < -0.3 is 14.8 Å². The maximum Gasteiger partial charge on any atom is 0.275 e. The highest BCUT2D eigenvalue weighted by Gasteiger charge is 2.18. The zero-order valence-corrected chi connectivity index (χ0v) is 26.7. The van der Waals surface area contributed by atoms with Crippen molar-refractivity contribution in [3.8, 4) is 0 Å². The van der Waals surface area contributed by atoms with E-state index in [1.165, 1.54) is 71.0 Å². The lowest BCUT2D eigenvalue weighted by Crippen LogP contribution is -2.35. The fourth-order valence-electron chi connectivity index (χ4n) is 4.83. The summed E-state index contributed by atoms with van der Waals surface area (Å²) in [4.78, 5) is 23.3. The second-order valence-corrected chi connectivity index (χ2v) is 11.9. The minimum absolute atomic E-state index is 0.107. The van der Waals surface area contributed by atoms with Crippen molar-refractivity contribution >= 4 is 11.3 Å². The van der Waals surface area contributed by atoms with Crippen LogP contribution in [0.15, 0.2) is 24.0 Å². The lowest BCUT2D eigenvalue weighted by atomic mass is 9.88. The third-order valence-electron chi connectivity index (χ3n) is 7.45. The first-order valence-corrected chi connectivity index (χ1v) is 15.3. The minimum atomic E-state index is -0.107. The summed E-state index contributed by atoms with van der Waals surface area (Å²) in [6.07, 6.45) is 16.4. The topological polar surface area (TPSA) is 52.2 Å². The number of aromatic amines is 1. The summed E-state index contributed by atoms with van der Waals surface area (Å²) in [5.74, 6) is 1.71. The number of rotatable bonds is 13. The Balaban J connectivity index is 0.000000568. The van der Waals surface area contributed by atoms with Gasteiger partial charge in [0.25, 0.3) is 5.56 Å². The van der Waals surface area contributed by atoms with Crippen molar-refractivity contribution in [2.24, 2.45) is 11.3 Å². The van der Waals surface area contributed by atoms with E-state index in [9.17, 15) is 4.79 Å². The normalized spacial score (nSPS) is 13.7. The highest BCUT2D eigenvalue weighted by molar-refractivity contribution is 5.71. The van der Waals surface area contributed by atoms with Gasteiger partial charge in [-0.15, -0.1) is 6.58 Å². The van der Waals surface area contributed by atoms with Crippen LogP contribution < -0.4 is 10.5 Å². The van der Waals surface area contributed by atoms with Crippen molar-refractivity contribution < 1.29 is 0 Å². The van der Waals surface area contributed by atoms with Crippen LogP contribution in [0.4, 0.5) is 5.69 Å². The van der Waals surface area contributed by atoms with Crippen molar-refractivity contribution in [2.75, 3.05) is 38.6 Å². The van der Waals surface area contributed by atoms with Gasteiger partial charge in [-0.3, -0.25) is 4.79 Å². The number of aromatic nitrogens is 2. The van der Waals surface area contributed by atoms with Crippen LogP contribution in [-0.4, -0.2) is 48.6 Å². The molecule has 1 fully saturated rings. The largest absolute Gasteiger partial charge is 0.371 e. The Labute approximate surface area is 236 Å². The van der Waals surface area contributed by atoms with Gasteiger partial charge in [0.1, 0.15) is 11.5 Å². The summed E-state index contributed by atoms with van der Waals surface area (Å²) in [5, 5.41) is 0. The first kappa shape index (κ1) is 36.1. The third-order valence-corrected chi connectivity index (χ3v) is 7.45. The number of hydrogen-bond donors (Lipinski definition) is 1. The van der Waals surface area contributed by atoms with Gasteiger partial charge in [0, 0.05) is 27.2 Å². The number of aryl methyl sites for hydroxylation is 1. The average molecular weight is 531 g/mol. The lowest BCUT2D eigenvalue weighted by Gasteiger charge is -2.31. The Hall–Kier alpha value is -1.88. The highest BCUT2D eigenvalue weighted by atomic mass is 16.1. The molecule has 1 saturated carbocycles. The summed E-state index contributed by atoms with van der Waals surface area (Å²) in [6, 6.07) is 0. The van der Waals surface area contributed by atoms with E-state index in [1.807, 2.05) is 20.2 Å². The summed E-state index contributed by atoms with van der Waals surface area (Å²) in [6.45, 7) is 26.8. The number of nitrogens with one attached hydrogen (secondary N) is 1. The lowest BCUT2D eigenvalue weighted by molar-refractivity contribution is 0.175. The Morgan fingerprint density at radius 2 is 1.71 bits per heavy atom. The molecule has 38 heavy (non-hydrogen) atoms. The van der Waals surface area contributed by atoms with Gasteiger partial charge in [-0.25, -0.2) is 4.98 Å². The van der Waals surface area contributed by atoms with Crippen LogP contribution in [-0.2, 0) is 0 Å². The smallest absolute Gasteiger partial charge is 0.275 e. The van der Waals surface area contributed by atoms with Crippen LogP contribution in [0, 0.1) is 18.3 Å². The summed E-state index contributed by atoms with van der Waals surface area (Å²) in [7, 11) is 3.68. The van der Waals surface area contributed by atoms with Crippen molar-refractivity contribution in [3.63, 3.8) is 0 Å². The van der Waals surface area contributed by atoms with Gasteiger partial charge in [-0.1, -0.05) is 99.1 Å². The van der Waals surface area contributed by atoms with E-state index in [1.54, 1.807) is 11.8 Å². The predicted octanol–water partition coefficient (Wildman–Crippen LogP) is 8.65. The minimum Gasteiger partial charge on any atom is -0.371 e. The molecule has 0 aromatic carbocycles. The molecule has 0 aliphatic heterocycles. The van der Waals surface area contributed by atoms with Crippen LogP contribution in [0.5, 0.6) is 0 Å². The number of hydrogen-bond acceptors (Lipinski definition) is 4. The molecule has 0 amide bonds. The Morgan fingerprint density at radius 3 is 2.16 bits per heavy atom. The number of H-pyrrole nitrogens is 1. The third kappa shape index (κ3) is 14.9. The quantitative estimate of drug-likeness (QED) is 0.259. The molecule has 0 saturated heterocycles. The first-order valence-electron chi connectivity index (χ1n) is 15.3. The van der Waals surface area contributed by atoms with Crippen molar-refractivity contribution in [3.05, 3.63) is 41.1 Å². The zero-order valence-electron chi connectivity index (χ0n) is 26.7. The predicted molar refractivity (Wildman–Crippen MR) is 170 cm³/mol. The average Bonchev–Trinajstić information content (AvgIpc) is 2.88. The Kier molecular flexibility index (Phi) is 19.1. The van der Waals surface area contributed by atoms with Crippen molar-refractivity contribution in [2.45, 2.75) is 119 Å². The van der Waals surface area contributed by atoms with E-state index >= 15 is 0 Å². The molecule has 1 heterocycles. The maximum absolute atomic E-state index is 11.8. The highest BCUT2D eigenvalue weighted by Crippen LogP contribution is 2.25. The molecule has 1 N–H and O–H groups in total. The number of nitrogens with zero attached hydrogens (tertiary/aromatic N) is 3. The standard InChI is InChI=1S/C13H27N.C12H19N3O.C8H16/c1-6-9-11-14(10-7-2)12-13(4,5)8-3;1-6-7-8(2)10-11(15(4)5)12(16)14-9(3)13-10;1-2-8-6-4-3-5-7-8/h6H,1,7-12H2,2-5H3;2,6-7H2,1,3-5H3,(H,13,14,16);8H,2-7H2,1H3. The van der Waals surface area contributed by atoms with E-state index in [4.69, 9.17) is 0 Å². The van der Waals surface area contributed by atoms with Gasteiger partial charge >= 0.3 is 0 Å². The maximum atomic E-state index is 11.8. The number of allylic oxidation sites excluding steroid dienone is 1. The molecule has 1 aromatic rings. The van der Waals surface area contributed by atoms with Gasteiger partial charge in [0.2, 0.25) is 0 Å². The summed E-state index contributed by atoms with van der Waals surface area (Å²) < 4.78 is 0.